The van der Waals surface area contributed by atoms with Gasteiger partial charge in [0.05, 0.1) is 10.6 Å². The van der Waals surface area contributed by atoms with Gasteiger partial charge in [0.15, 0.2) is 0 Å². The molecular weight excluding hydrogens is 288 g/mol. The fraction of sp³-hybridized carbons (Fsp3) is 0.357. The van der Waals surface area contributed by atoms with E-state index >= 15 is 0 Å². The van der Waals surface area contributed by atoms with E-state index in [-0.39, 0.29) is 4.90 Å². The molecule has 2 rings (SSSR count). The maximum Gasteiger partial charge on any atom is 0.240 e. The Balaban J connectivity index is 2.02. The summed E-state index contributed by atoms with van der Waals surface area (Å²) < 4.78 is 28.7. The lowest BCUT2D eigenvalue weighted by atomic mass is 10.1. The minimum atomic E-state index is -3.50. The molecule has 0 spiro atoms. The van der Waals surface area contributed by atoms with E-state index in [1.807, 2.05) is 26.2 Å². The first kappa shape index (κ1) is 15.7. The Morgan fingerprint density at radius 1 is 1.33 bits per heavy atom. The third kappa shape index (κ3) is 3.90. The first-order chi connectivity index (χ1) is 9.92. The molecule has 0 aliphatic carbocycles. The van der Waals surface area contributed by atoms with Crippen LogP contribution in [0, 0.1) is 6.92 Å². The van der Waals surface area contributed by atoms with Crippen LogP contribution in [0.3, 0.4) is 0 Å². The fourth-order valence-corrected chi connectivity index (χ4v) is 3.17. The molecule has 0 unspecified atom stereocenters. The largest absolute Gasteiger partial charge is 0.326 e. The quantitative estimate of drug-likeness (QED) is 0.822. The van der Waals surface area contributed by atoms with Crippen LogP contribution < -0.4 is 10.5 Å². The van der Waals surface area contributed by atoms with E-state index in [4.69, 9.17) is 5.73 Å². The van der Waals surface area contributed by atoms with E-state index in [0.29, 0.717) is 19.5 Å². The lowest BCUT2D eigenvalue weighted by Crippen LogP contribution is -2.26. The Hall–Kier alpha value is -1.70. The van der Waals surface area contributed by atoms with Crippen LogP contribution in [0.2, 0.25) is 0 Å². The Labute approximate surface area is 125 Å². The van der Waals surface area contributed by atoms with Gasteiger partial charge in [-0.3, -0.25) is 4.68 Å². The van der Waals surface area contributed by atoms with E-state index in [2.05, 4.69) is 9.82 Å². The molecule has 1 aromatic heterocycles. The third-order valence-electron chi connectivity index (χ3n) is 3.29. The third-order valence-corrected chi connectivity index (χ3v) is 4.75. The molecule has 0 aliphatic heterocycles. The molecule has 3 N–H and O–H groups in total. The van der Waals surface area contributed by atoms with Crippen LogP contribution in [0.5, 0.6) is 0 Å². The minimum Gasteiger partial charge on any atom is -0.326 e. The summed E-state index contributed by atoms with van der Waals surface area (Å²) in [5, 5.41) is 4.21. The van der Waals surface area contributed by atoms with Crippen LogP contribution >= 0.6 is 0 Å². The second-order valence-electron chi connectivity index (χ2n) is 4.92. The van der Waals surface area contributed by atoms with Gasteiger partial charge in [-0.2, -0.15) is 5.10 Å². The molecule has 0 saturated carbocycles. The molecule has 1 heterocycles. The van der Waals surface area contributed by atoms with Crippen LogP contribution in [-0.2, 0) is 30.0 Å². The predicted octanol–water partition coefficient (Wildman–Crippen LogP) is 0.708. The SMILES string of the molecule is Cc1cc(S(=O)(=O)NCCc2ccn(C)n2)ccc1CN. The Morgan fingerprint density at radius 3 is 2.67 bits per heavy atom. The Kier molecular flexibility index (Phi) is 4.76. The lowest BCUT2D eigenvalue weighted by molar-refractivity contribution is 0.581. The summed E-state index contributed by atoms with van der Waals surface area (Å²) >= 11 is 0. The van der Waals surface area contributed by atoms with Crippen molar-refractivity contribution < 1.29 is 8.42 Å². The first-order valence-electron chi connectivity index (χ1n) is 6.70. The van der Waals surface area contributed by atoms with Gasteiger partial charge in [-0.25, -0.2) is 13.1 Å². The van der Waals surface area contributed by atoms with E-state index in [1.165, 1.54) is 0 Å². The highest BCUT2D eigenvalue weighted by molar-refractivity contribution is 7.89. The second kappa shape index (κ2) is 6.38. The van der Waals surface area contributed by atoms with Gasteiger partial charge in [0.2, 0.25) is 10.0 Å². The molecule has 7 heteroatoms. The normalized spacial score (nSPS) is 11.8. The van der Waals surface area contributed by atoms with Crippen molar-refractivity contribution in [3.63, 3.8) is 0 Å². The number of nitrogens with two attached hydrogens (primary N) is 1. The standard InChI is InChI=1S/C14H20N4O2S/c1-11-9-14(4-3-12(11)10-15)21(19,20)16-7-5-13-6-8-18(2)17-13/h3-4,6,8-9,16H,5,7,10,15H2,1-2H3. The first-order valence-corrected chi connectivity index (χ1v) is 8.18. The molecule has 0 atom stereocenters. The fourth-order valence-electron chi connectivity index (χ4n) is 2.06. The molecular formula is C14H20N4O2S. The molecule has 0 radical (unpaired) electrons. The molecule has 0 bridgehead atoms. The maximum atomic E-state index is 12.2. The van der Waals surface area contributed by atoms with Gasteiger partial charge in [-0.1, -0.05) is 6.07 Å². The molecule has 0 saturated heterocycles. The van der Waals surface area contributed by atoms with Gasteiger partial charge in [-0.05, 0) is 36.2 Å². The zero-order valence-electron chi connectivity index (χ0n) is 12.2. The summed E-state index contributed by atoms with van der Waals surface area (Å²) in [7, 11) is -1.67. The molecule has 1 aromatic carbocycles. The average molecular weight is 308 g/mol. The van der Waals surface area contributed by atoms with E-state index in [1.54, 1.807) is 22.9 Å². The van der Waals surface area contributed by atoms with Crippen molar-refractivity contribution in [2.24, 2.45) is 12.8 Å². The zero-order chi connectivity index (χ0) is 15.5. The molecule has 0 fully saturated rings. The van der Waals surface area contributed by atoms with Crippen LogP contribution in [-0.4, -0.2) is 24.7 Å². The summed E-state index contributed by atoms with van der Waals surface area (Å²) in [5.74, 6) is 0. The van der Waals surface area contributed by atoms with Crippen molar-refractivity contribution >= 4 is 10.0 Å². The second-order valence-corrected chi connectivity index (χ2v) is 6.69. The molecule has 114 valence electrons. The number of nitrogens with zero attached hydrogens (tertiary/aromatic N) is 2. The van der Waals surface area contributed by atoms with E-state index in [0.717, 1.165) is 16.8 Å². The number of hydrogen-bond acceptors (Lipinski definition) is 4. The molecule has 21 heavy (non-hydrogen) atoms. The Bertz CT molecular complexity index is 722. The summed E-state index contributed by atoms with van der Waals surface area (Å²) in [6, 6.07) is 6.85. The number of benzene rings is 1. The van der Waals surface area contributed by atoms with Gasteiger partial charge in [-0.15, -0.1) is 0 Å². The van der Waals surface area contributed by atoms with Crippen molar-refractivity contribution in [2.75, 3.05) is 6.54 Å². The smallest absolute Gasteiger partial charge is 0.240 e. The molecule has 0 amide bonds. The lowest BCUT2D eigenvalue weighted by Gasteiger charge is -2.09. The van der Waals surface area contributed by atoms with Crippen LogP contribution in [0.15, 0.2) is 35.4 Å². The van der Waals surface area contributed by atoms with Crippen molar-refractivity contribution in [3.8, 4) is 0 Å². The topological polar surface area (TPSA) is 90.0 Å². The van der Waals surface area contributed by atoms with Crippen LogP contribution in [0.4, 0.5) is 0 Å². The summed E-state index contributed by atoms with van der Waals surface area (Å²) in [6.45, 7) is 2.57. The van der Waals surface area contributed by atoms with Crippen LogP contribution in [0.1, 0.15) is 16.8 Å². The highest BCUT2D eigenvalue weighted by Gasteiger charge is 2.14. The number of rotatable bonds is 6. The average Bonchev–Trinajstić information content (AvgIpc) is 2.84. The maximum absolute atomic E-state index is 12.2. The number of aryl methyl sites for hydroxylation is 2. The zero-order valence-corrected chi connectivity index (χ0v) is 13.0. The van der Waals surface area contributed by atoms with E-state index < -0.39 is 10.0 Å². The molecule has 6 nitrogen and oxygen atoms in total. The predicted molar refractivity (Wildman–Crippen MR) is 81.2 cm³/mol. The van der Waals surface area contributed by atoms with Crippen molar-refractivity contribution in [3.05, 3.63) is 47.3 Å². The van der Waals surface area contributed by atoms with Crippen molar-refractivity contribution in [1.29, 1.82) is 0 Å². The number of nitrogens with one attached hydrogen (secondary N) is 1. The summed E-state index contributed by atoms with van der Waals surface area (Å²) in [5.41, 5.74) is 8.27. The van der Waals surface area contributed by atoms with E-state index in [9.17, 15) is 8.42 Å². The van der Waals surface area contributed by atoms with Gasteiger partial charge in [0.25, 0.3) is 0 Å². The van der Waals surface area contributed by atoms with Crippen molar-refractivity contribution in [2.45, 2.75) is 24.8 Å². The molecule has 0 aliphatic rings. The number of sulfonamides is 1. The van der Waals surface area contributed by atoms with Gasteiger partial charge >= 0.3 is 0 Å². The molecule has 2 aromatic rings. The Morgan fingerprint density at radius 2 is 2.10 bits per heavy atom. The highest BCUT2D eigenvalue weighted by atomic mass is 32.2. The summed E-state index contributed by atoms with van der Waals surface area (Å²) in [6.07, 6.45) is 2.39. The van der Waals surface area contributed by atoms with Gasteiger partial charge < -0.3 is 5.73 Å². The van der Waals surface area contributed by atoms with Crippen LogP contribution in [0.25, 0.3) is 0 Å². The number of hydrogen-bond donors (Lipinski definition) is 2. The van der Waals surface area contributed by atoms with Gasteiger partial charge in [0, 0.05) is 32.8 Å². The van der Waals surface area contributed by atoms with Gasteiger partial charge in [0.1, 0.15) is 0 Å². The number of aromatic nitrogens is 2. The monoisotopic (exact) mass is 308 g/mol. The highest BCUT2D eigenvalue weighted by Crippen LogP contribution is 2.15. The van der Waals surface area contributed by atoms with Crippen molar-refractivity contribution in [1.82, 2.24) is 14.5 Å². The summed E-state index contributed by atoms with van der Waals surface area (Å²) in [4.78, 5) is 0.262. The minimum absolute atomic E-state index is 0.262.